The van der Waals surface area contributed by atoms with E-state index in [1.807, 2.05) is 19.1 Å². The smallest absolute Gasteiger partial charge is 0.233 e. The number of fused-ring (bicyclic) bond motifs is 1. The predicted molar refractivity (Wildman–Crippen MR) is 80.4 cm³/mol. The number of rotatable bonds is 2. The molecule has 4 atom stereocenters. The molecule has 0 spiro atoms. The molecule has 0 N–H and O–H groups in total. The maximum atomic E-state index is 12.7. The van der Waals surface area contributed by atoms with E-state index in [4.69, 9.17) is 0 Å². The van der Waals surface area contributed by atoms with Crippen LogP contribution in [0.15, 0.2) is 29.2 Å². The molecule has 6 heteroatoms. The first kappa shape index (κ1) is 15.1. The van der Waals surface area contributed by atoms with Gasteiger partial charge in [-0.3, -0.25) is 23.5 Å². The van der Waals surface area contributed by atoms with Crippen molar-refractivity contribution in [2.45, 2.75) is 29.9 Å². The van der Waals surface area contributed by atoms with E-state index in [9.17, 15) is 18.6 Å². The van der Waals surface area contributed by atoms with E-state index in [1.54, 1.807) is 12.1 Å². The van der Waals surface area contributed by atoms with Gasteiger partial charge in [-0.2, -0.15) is 0 Å². The molecule has 1 saturated carbocycles. The van der Waals surface area contributed by atoms with Crippen molar-refractivity contribution in [2.24, 2.45) is 11.8 Å². The standard InChI is InChI=1S/C16H17NO4S/c1-9-3-5-10(6-4-9)22(21)14-8-12-11(7-13(14)18)15(19)17(2)16(12)20/h3-6,11-12,14H,7-8H2,1-2H3/t11-,12+,14-,22?/m0/s1. The molecule has 0 aromatic heterocycles. The topological polar surface area (TPSA) is 71.5 Å². The quantitative estimate of drug-likeness (QED) is 0.764. The van der Waals surface area contributed by atoms with E-state index in [1.165, 1.54) is 7.05 Å². The third kappa shape index (κ3) is 2.31. The second kappa shape index (κ2) is 5.43. The third-order valence-electron chi connectivity index (χ3n) is 4.54. The number of carbonyl (C=O) groups is 3. The van der Waals surface area contributed by atoms with Gasteiger partial charge >= 0.3 is 0 Å². The summed E-state index contributed by atoms with van der Waals surface area (Å²) < 4.78 is 12.7. The molecule has 2 amide bonds. The van der Waals surface area contributed by atoms with Crippen molar-refractivity contribution in [3.05, 3.63) is 29.8 Å². The van der Waals surface area contributed by atoms with Crippen LogP contribution in [0.3, 0.4) is 0 Å². The number of hydrogen-bond donors (Lipinski definition) is 0. The Morgan fingerprint density at radius 3 is 2.27 bits per heavy atom. The Bertz CT molecular complexity index is 682. The minimum atomic E-state index is -1.49. The molecule has 22 heavy (non-hydrogen) atoms. The van der Waals surface area contributed by atoms with Crippen molar-refractivity contribution in [3.8, 4) is 0 Å². The fraction of sp³-hybridized carbons (Fsp3) is 0.438. The molecule has 116 valence electrons. The minimum absolute atomic E-state index is 0.0157. The molecule has 1 unspecified atom stereocenters. The molecular formula is C16H17NO4S. The van der Waals surface area contributed by atoms with Crippen molar-refractivity contribution in [3.63, 3.8) is 0 Å². The average Bonchev–Trinajstić information content (AvgIpc) is 2.71. The highest BCUT2D eigenvalue weighted by Crippen LogP contribution is 2.38. The first-order chi connectivity index (χ1) is 10.4. The summed E-state index contributed by atoms with van der Waals surface area (Å²) in [5.41, 5.74) is 1.05. The first-order valence-corrected chi connectivity index (χ1v) is 8.43. The molecule has 1 aliphatic carbocycles. The Morgan fingerprint density at radius 1 is 1.05 bits per heavy atom. The average molecular weight is 319 g/mol. The number of Topliss-reactive ketones (excluding diaryl/α,β-unsaturated/α-hetero) is 1. The monoisotopic (exact) mass is 319 g/mol. The van der Waals surface area contributed by atoms with Gasteiger partial charge < -0.3 is 0 Å². The Kier molecular flexibility index (Phi) is 3.72. The van der Waals surface area contributed by atoms with Crippen LogP contribution in [-0.2, 0) is 25.2 Å². The fourth-order valence-electron chi connectivity index (χ4n) is 3.20. The van der Waals surface area contributed by atoms with Gasteiger partial charge in [0.15, 0.2) is 0 Å². The van der Waals surface area contributed by atoms with Crippen molar-refractivity contribution in [2.75, 3.05) is 7.05 Å². The summed E-state index contributed by atoms with van der Waals surface area (Å²) in [4.78, 5) is 38.0. The number of carbonyl (C=O) groups excluding carboxylic acids is 3. The van der Waals surface area contributed by atoms with Crippen LogP contribution in [-0.4, -0.2) is 39.0 Å². The lowest BCUT2D eigenvalue weighted by molar-refractivity contribution is -0.138. The molecule has 3 rings (SSSR count). The number of amides is 2. The van der Waals surface area contributed by atoms with Gasteiger partial charge in [0.05, 0.1) is 27.9 Å². The van der Waals surface area contributed by atoms with Gasteiger partial charge in [0.25, 0.3) is 0 Å². The lowest BCUT2D eigenvalue weighted by atomic mass is 9.80. The Labute approximate surface area is 131 Å². The number of benzene rings is 1. The fourth-order valence-corrected chi connectivity index (χ4v) is 4.65. The highest BCUT2D eigenvalue weighted by Gasteiger charge is 2.52. The summed E-state index contributed by atoms with van der Waals surface area (Å²) in [6.45, 7) is 1.93. The van der Waals surface area contributed by atoms with E-state index in [2.05, 4.69) is 0 Å². The van der Waals surface area contributed by atoms with Crippen molar-refractivity contribution in [1.82, 2.24) is 4.90 Å². The van der Waals surface area contributed by atoms with Gasteiger partial charge in [-0.25, -0.2) is 0 Å². The summed E-state index contributed by atoms with van der Waals surface area (Å²) in [5, 5.41) is -0.702. The van der Waals surface area contributed by atoms with Gasteiger partial charge in [-0.1, -0.05) is 17.7 Å². The molecule has 1 saturated heterocycles. The minimum Gasteiger partial charge on any atom is -0.298 e. The van der Waals surface area contributed by atoms with Crippen LogP contribution in [0.1, 0.15) is 18.4 Å². The number of hydrogen-bond acceptors (Lipinski definition) is 4. The van der Waals surface area contributed by atoms with Crippen molar-refractivity contribution in [1.29, 1.82) is 0 Å². The molecule has 0 radical (unpaired) electrons. The molecule has 1 aromatic carbocycles. The second-order valence-electron chi connectivity index (χ2n) is 5.95. The lowest BCUT2D eigenvalue weighted by Gasteiger charge is -2.27. The van der Waals surface area contributed by atoms with Crippen molar-refractivity contribution < 1.29 is 18.6 Å². The molecule has 2 fully saturated rings. The van der Waals surface area contributed by atoms with E-state index < -0.39 is 27.9 Å². The summed E-state index contributed by atoms with van der Waals surface area (Å²) in [7, 11) is -0.0428. The number of aryl methyl sites for hydroxylation is 1. The Balaban J connectivity index is 1.85. The summed E-state index contributed by atoms with van der Waals surface area (Å²) in [6.07, 6.45) is 0.209. The molecule has 1 aromatic rings. The zero-order chi connectivity index (χ0) is 16.0. The summed E-state index contributed by atoms with van der Waals surface area (Å²) >= 11 is 0. The van der Waals surface area contributed by atoms with E-state index in [0.717, 1.165) is 10.5 Å². The molecule has 0 bridgehead atoms. The lowest BCUT2D eigenvalue weighted by Crippen LogP contribution is -2.39. The number of imide groups is 1. The largest absolute Gasteiger partial charge is 0.298 e. The van der Waals surface area contributed by atoms with Crippen LogP contribution in [0.5, 0.6) is 0 Å². The second-order valence-corrected chi connectivity index (χ2v) is 7.59. The highest BCUT2D eigenvalue weighted by atomic mass is 32.2. The van der Waals surface area contributed by atoms with Gasteiger partial charge in [-0.15, -0.1) is 0 Å². The van der Waals surface area contributed by atoms with Crippen LogP contribution >= 0.6 is 0 Å². The summed E-state index contributed by atoms with van der Waals surface area (Å²) in [5.74, 6) is -1.79. The molecule has 2 aliphatic rings. The first-order valence-electron chi connectivity index (χ1n) is 7.21. The number of ketones is 1. The van der Waals surface area contributed by atoms with Gasteiger partial charge in [-0.05, 0) is 25.5 Å². The normalized spacial score (nSPS) is 29.6. The third-order valence-corrected chi connectivity index (χ3v) is 6.25. The van der Waals surface area contributed by atoms with Crippen LogP contribution in [0.4, 0.5) is 0 Å². The van der Waals surface area contributed by atoms with Crippen LogP contribution in [0.25, 0.3) is 0 Å². The van der Waals surface area contributed by atoms with Gasteiger partial charge in [0, 0.05) is 18.4 Å². The molecular weight excluding hydrogens is 302 g/mol. The Morgan fingerprint density at radius 2 is 1.64 bits per heavy atom. The van der Waals surface area contributed by atoms with Gasteiger partial charge in [0.2, 0.25) is 11.8 Å². The predicted octanol–water partition coefficient (Wildman–Crippen LogP) is 1.07. The molecule has 5 nitrogen and oxygen atoms in total. The van der Waals surface area contributed by atoms with Crippen LogP contribution < -0.4 is 0 Å². The number of likely N-dealkylation sites (tertiary alicyclic amines) is 1. The van der Waals surface area contributed by atoms with E-state index >= 15 is 0 Å². The van der Waals surface area contributed by atoms with Crippen LogP contribution in [0.2, 0.25) is 0 Å². The highest BCUT2D eigenvalue weighted by molar-refractivity contribution is 7.86. The molecule has 1 aliphatic heterocycles. The van der Waals surface area contributed by atoms with Crippen LogP contribution in [0, 0.1) is 18.8 Å². The summed E-state index contributed by atoms with van der Waals surface area (Å²) in [6, 6.07) is 7.19. The van der Waals surface area contributed by atoms with Gasteiger partial charge in [0.1, 0.15) is 5.78 Å². The van der Waals surface area contributed by atoms with Crippen molar-refractivity contribution >= 4 is 28.4 Å². The maximum Gasteiger partial charge on any atom is 0.233 e. The Hall–Kier alpha value is -1.82. The zero-order valence-electron chi connectivity index (χ0n) is 12.4. The van der Waals surface area contributed by atoms with E-state index in [0.29, 0.717) is 4.90 Å². The molecule has 1 heterocycles. The van der Waals surface area contributed by atoms with E-state index in [-0.39, 0.29) is 30.4 Å². The zero-order valence-corrected chi connectivity index (χ0v) is 13.3. The SMILES string of the molecule is Cc1ccc(S(=O)[C@H]2C[C@H]3C(=O)N(C)C(=O)[C@H]3CC2=O)cc1. The maximum absolute atomic E-state index is 12.7. The number of nitrogens with zero attached hydrogens (tertiary/aromatic N) is 1.